The number of carbonyl (C=O) groups is 1. The maximum Gasteiger partial charge on any atom is 0.223 e. The van der Waals surface area contributed by atoms with Crippen LogP contribution in [0.5, 0.6) is 5.75 Å². The van der Waals surface area contributed by atoms with E-state index in [4.69, 9.17) is 4.74 Å². The third-order valence-electron chi connectivity index (χ3n) is 3.19. The van der Waals surface area contributed by atoms with Crippen molar-refractivity contribution in [3.05, 3.63) is 46.9 Å². The highest BCUT2D eigenvalue weighted by Crippen LogP contribution is 2.16. The fraction of sp³-hybridized carbons (Fsp3) is 0.375. The van der Waals surface area contributed by atoms with E-state index in [0.717, 1.165) is 10.8 Å². The Kier molecular flexibility index (Phi) is 5.75. The number of hydrogen-bond acceptors (Lipinski definition) is 4. The van der Waals surface area contributed by atoms with Crippen LogP contribution in [0.1, 0.15) is 31.3 Å². The molecule has 1 amide bonds. The molecule has 1 aromatic heterocycles. The van der Waals surface area contributed by atoms with Gasteiger partial charge in [0, 0.05) is 17.5 Å². The van der Waals surface area contributed by atoms with Crippen LogP contribution in [0, 0.1) is 5.92 Å². The molecule has 0 bridgehead atoms. The minimum absolute atomic E-state index is 0.0364. The number of amides is 1. The van der Waals surface area contributed by atoms with Crippen molar-refractivity contribution in [3.8, 4) is 5.75 Å². The molecule has 1 N–H and O–H groups in total. The molecule has 0 unspecified atom stereocenters. The Labute approximate surface area is 129 Å². The molecule has 1 aromatic carbocycles. The lowest BCUT2D eigenvalue weighted by Gasteiger charge is -2.16. The maximum atomic E-state index is 12.1. The van der Waals surface area contributed by atoms with Crippen LogP contribution >= 0.6 is 11.3 Å². The van der Waals surface area contributed by atoms with Crippen LogP contribution < -0.4 is 10.1 Å². The zero-order valence-corrected chi connectivity index (χ0v) is 13.1. The van der Waals surface area contributed by atoms with Gasteiger partial charge in [-0.2, -0.15) is 0 Å². The summed E-state index contributed by atoms with van der Waals surface area (Å²) >= 11 is 1.55. The zero-order chi connectivity index (χ0) is 15.1. The number of aromatic nitrogens is 1. The fourth-order valence-electron chi connectivity index (χ4n) is 1.87. The summed E-state index contributed by atoms with van der Waals surface area (Å²) in [5.74, 6) is 0.784. The van der Waals surface area contributed by atoms with Gasteiger partial charge in [-0.1, -0.05) is 25.1 Å². The van der Waals surface area contributed by atoms with Gasteiger partial charge in [-0.25, -0.2) is 4.98 Å². The van der Waals surface area contributed by atoms with Gasteiger partial charge >= 0.3 is 0 Å². The summed E-state index contributed by atoms with van der Waals surface area (Å²) in [5, 5.41) is 5.82. The number of rotatable bonds is 7. The number of nitrogens with zero attached hydrogens (tertiary/aromatic N) is 1. The molecule has 0 aliphatic heterocycles. The number of benzene rings is 1. The number of thiazole rings is 1. The summed E-state index contributed by atoms with van der Waals surface area (Å²) in [6.07, 6.45) is 2.44. The van der Waals surface area contributed by atoms with Crippen LogP contribution in [0.15, 0.2) is 41.9 Å². The van der Waals surface area contributed by atoms with Crippen LogP contribution in [0.3, 0.4) is 0 Å². The summed E-state index contributed by atoms with van der Waals surface area (Å²) in [6.45, 7) is 4.40. The lowest BCUT2D eigenvalue weighted by molar-refractivity contribution is -0.125. The van der Waals surface area contributed by atoms with Gasteiger partial charge in [0.05, 0.1) is 12.6 Å². The monoisotopic (exact) mass is 304 g/mol. The number of para-hydroxylation sites is 1. The predicted molar refractivity (Wildman–Crippen MR) is 84.4 cm³/mol. The third kappa shape index (κ3) is 4.86. The minimum atomic E-state index is -0.0869. The molecule has 2 rings (SSSR count). The van der Waals surface area contributed by atoms with Gasteiger partial charge in [0.1, 0.15) is 10.8 Å². The summed E-state index contributed by atoms with van der Waals surface area (Å²) in [4.78, 5) is 16.3. The molecule has 0 aliphatic rings. The van der Waals surface area contributed by atoms with Gasteiger partial charge in [-0.05, 0) is 25.5 Å². The lowest BCUT2D eigenvalue weighted by Crippen LogP contribution is -2.32. The van der Waals surface area contributed by atoms with E-state index in [9.17, 15) is 4.79 Å². The molecule has 4 nitrogen and oxygen atoms in total. The highest BCUT2D eigenvalue weighted by molar-refractivity contribution is 7.09. The number of hydrogen-bond donors (Lipinski definition) is 1. The smallest absolute Gasteiger partial charge is 0.223 e. The molecule has 0 saturated carbocycles. The van der Waals surface area contributed by atoms with Crippen LogP contribution in [0.25, 0.3) is 0 Å². The van der Waals surface area contributed by atoms with Crippen LogP contribution in [-0.2, 0) is 4.79 Å². The van der Waals surface area contributed by atoms with Gasteiger partial charge in [0.15, 0.2) is 0 Å². The van der Waals surface area contributed by atoms with Gasteiger partial charge < -0.3 is 10.1 Å². The molecule has 112 valence electrons. The van der Waals surface area contributed by atoms with Gasteiger partial charge in [0.2, 0.25) is 5.91 Å². The van der Waals surface area contributed by atoms with Crippen molar-refractivity contribution in [2.75, 3.05) is 6.61 Å². The average Bonchev–Trinajstić information content (AvgIpc) is 3.02. The highest BCUT2D eigenvalue weighted by Gasteiger charge is 2.17. The van der Waals surface area contributed by atoms with Crippen molar-refractivity contribution >= 4 is 17.2 Å². The van der Waals surface area contributed by atoms with Crippen molar-refractivity contribution in [3.63, 3.8) is 0 Å². The number of carbonyl (C=O) groups excluding carboxylic acids is 1. The largest absolute Gasteiger partial charge is 0.494 e. The van der Waals surface area contributed by atoms with Crippen molar-refractivity contribution < 1.29 is 9.53 Å². The van der Waals surface area contributed by atoms with E-state index in [2.05, 4.69) is 10.3 Å². The molecule has 2 atom stereocenters. The van der Waals surface area contributed by atoms with E-state index in [1.165, 1.54) is 0 Å². The second-order valence-electron chi connectivity index (χ2n) is 4.95. The van der Waals surface area contributed by atoms with Gasteiger partial charge in [-0.3, -0.25) is 4.79 Å². The summed E-state index contributed by atoms with van der Waals surface area (Å²) in [6, 6.07) is 9.59. The zero-order valence-electron chi connectivity index (χ0n) is 12.3. The SMILES string of the molecule is C[C@H](CCOc1ccccc1)C(=O)N[C@H](C)c1nccs1. The van der Waals surface area contributed by atoms with Crippen molar-refractivity contribution in [1.82, 2.24) is 10.3 Å². The second kappa shape index (κ2) is 7.78. The Morgan fingerprint density at radius 1 is 1.33 bits per heavy atom. The maximum absolute atomic E-state index is 12.1. The Balaban J connectivity index is 1.72. The van der Waals surface area contributed by atoms with Gasteiger partial charge in [-0.15, -0.1) is 11.3 Å². The Morgan fingerprint density at radius 3 is 2.76 bits per heavy atom. The van der Waals surface area contributed by atoms with Crippen LogP contribution in [0.2, 0.25) is 0 Å². The van der Waals surface area contributed by atoms with E-state index < -0.39 is 0 Å². The predicted octanol–water partition coefficient (Wildman–Crippen LogP) is 3.43. The van der Waals surface area contributed by atoms with Crippen LogP contribution in [0.4, 0.5) is 0 Å². The quantitative estimate of drug-likeness (QED) is 0.852. The highest BCUT2D eigenvalue weighted by atomic mass is 32.1. The molecule has 0 saturated heterocycles. The topological polar surface area (TPSA) is 51.2 Å². The van der Waals surface area contributed by atoms with Gasteiger partial charge in [0.25, 0.3) is 0 Å². The molecular formula is C16H20N2O2S. The van der Waals surface area contributed by atoms with Crippen molar-refractivity contribution in [1.29, 1.82) is 0 Å². The van der Waals surface area contributed by atoms with E-state index in [-0.39, 0.29) is 17.9 Å². The van der Waals surface area contributed by atoms with Crippen molar-refractivity contribution in [2.45, 2.75) is 26.3 Å². The number of nitrogens with one attached hydrogen (secondary N) is 1. The average molecular weight is 304 g/mol. The summed E-state index contributed by atoms with van der Waals surface area (Å²) in [7, 11) is 0. The van der Waals surface area contributed by atoms with E-state index in [0.29, 0.717) is 13.0 Å². The summed E-state index contributed by atoms with van der Waals surface area (Å²) in [5.41, 5.74) is 0. The fourth-order valence-corrected chi connectivity index (χ4v) is 2.51. The first kappa shape index (κ1) is 15.5. The molecule has 5 heteroatoms. The molecule has 1 heterocycles. The Bertz CT molecular complexity index is 543. The number of ether oxygens (including phenoxy) is 1. The standard InChI is InChI=1S/C16H20N2O2S/c1-12(8-10-20-14-6-4-3-5-7-14)15(19)18-13(2)16-17-9-11-21-16/h3-7,9,11-13H,8,10H2,1-2H3,(H,18,19)/t12-,13-/m1/s1. The summed E-state index contributed by atoms with van der Waals surface area (Å²) < 4.78 is 5.61. The van der Waals surface area contributed by atoms with E-state index >= 15 is 0 Å². The van der Waals surface area contributed by atoms with Crippen molar-refractivity contribution in [2.24, 2.45) is 5.92 Å². The van der Waals surface area contributed by atoms with Crippen LogP contribution in [-0.4, -0.2) is 17.5 Å². The Morgan fingerprint density at radius 2 is 2.10 bits per heavy atom. The first-order chi connectivity index (χ1) is 10.2. The molecule has 2 aromatic rings. The molecule has 0 aliphatic carbocycles. The normalized spacial score (nSPS) is 13.4. The second-order valence-corrected chi connectivity index (χ2v) is 5.88. The first-order valence-corrected chi connectivity index (χ1v) is 7.92. The lowest BCUT2D eigenvalue weighted by atomic mass is 10.1. The molecule has 0 spiro atoms. The van der Waals surface area contributed by atoms with E-state index in [1.807, 2.05) is 49.6 Å². The third-order valence-corrected chi connectivity index (χ3v) is 4.15. The molecule has 0 radical (unpaired) electrons. The van der Waals surface area contributed by atoms with E-state index in [1.54, 1.807) is 17.5 Å². The molecule has 21 heavy (non-hydrogen) atoms. The molecular weight excluding hydrogens is 284 g/mol. The Hall–Kier alpha value is -1.88. The first-order valence-electron chi connectivity index (χ1n) is 7.04. The molecule has 0 fully saturated rings. The minimum Gasteiger partial charge on any atom is -0.494 e.